The van der Waals surface area contributed by atoms with Crippen molar-refractivity contribution in [2.45, 2.75) is 18.6 Å². The first-order chi connectivity index (χ1) is 11.6. The van der Waals surface area contributed by atoms with Gasteiger partial charge in [0, 0.05) is 15.5 Å². The lowest BCUT2D eigenvalue weighted by molar-refractivity contribution is -0.113. The van der Waals surface area contributed by atoms with Crippen LogP contribution in [0.15, 0.2) is 56.6 Å². The fourth-order valence-corrected chi connectivity index (χ4v) is 4.40. The molecule has 2 aromatic carbocycles. The second-order valence-electron chi connectivity index (χ2n) is 5.09. The van der Waals surface area contributed by atoms with Gasteiger partial charge in [-0.2, -0.15) is 0 Å². The number of carbonyl (C=O) groups excluding carboxylic acids is 1. The molecule has 3 rings (SSSR count). The summed E-state index contributed by atoms with van der Waals surface area (Å²) in [6.45, 7) is 2.90. The molecule has 4 nitrogen and oxygen atoms in total. The highest BCUT2D eigenvalue weighted by Crippen LogP contribution is 2.27. The Morgan fingerprint density at radius 1 is 1.25 bits per heavy atom. The van der Waals surface area contributed by atoms with E-state index in [1.54, 1.807) is 0 Å². The van der Waals surface area contributed by atoms with Crippen LogP contribution in [0.3, 0.4) is 0 Å². The third-order valence-electron chi connectivity index (χ3n) is 3.47. The zero-order valence-corrected chi connectivity index (χ0v) is 16.9. The summed E-state index contributed by atoms with van der Waals surface area (Å²) in [7, 11) is 0. The number of halogens is 2. The number of amides is 1. The van der Waals surface area contributed by atoms with E-state index >= 15 is 0 Å². The van der Waals surface area contributed by atoms with E-state index in [2.05, 4.69) is 59.7 Å². The Morgan fingerprint density at radius 3 is 2.79 bits per heavy atom. The highest BCUT2D eigenvalue weighted by atomic mass is 79.9. The van der Waals surface area contributed by atoms with Gasteiger partial charge in [-0.1, -0.05) is 39.8 Å². The summed E-state index contributed by atoms with van der Waals surface area (Å²) < 4.78 is 3.93. The van der Waals surface area contributed by atoms with Crippen LogP contribution >= 0.6 is 43.6 Å². The molecule has 0 aliphatic heterocycles. The van der Waals surface area contributed by atoms with Gasteiger partial charge in [0.1, 0.15) is 0 Å². The Hall–Kier alpha value is -1.31. The maximum Gasteiger partial charge on any atom is 0.234 e. The second kappa shape index (κ2) is 7.72. The van der Waals surface area contributed by atoms with Crippen LogP contribution in [0.1, 0.15) is 6.92 Å². The lowest BCUT2D eigenvalue weighted by atomic mass is 10.3. The van der Waals surface area contributed by atoms with Crippen molar-refractivity contribution in [1.82, 2.24) is 9.55 Å². The molecule has 0 saturated heterocycles. The van der Waals surface area contributed by atoms with Crippen LogP contribution in [0, 0.1) is 0 Å². The van der Waals surface area contributed by atoms with Gasteiger partial charge in [-0.05, 0) is 53.2 Å². The lowest BCUT2D eigenvalue weighted by Gasteiger charge is -2.08. The molecular formula is C17H15Br2N3OS. The zero-order valence-electron chi connectivity index (χ0n) is 12.9. The van der Waals surface area contributed by atoms with Crippen molar-refractivity contribution in [1.29, 1.82) is 0 Å². The van der Waals surface area contributed by atoms with Crippen molar-refractivity contribution in [3.63, 3.8) is 0 Å². The van der Waals surface area contributed by atoms with Gasteiger partial charge in [-0.25, -0.2) is 4.98 Å². The summed E-state index contributed by atoms with van der Waals surface area (Å²) in [4.78, 5) is 16.9. The fourth-order valence-electron chi connectivity index (χ4n) is 2.38. The number of carbonyl (C=O) groups is 1. The summed E-state index contributed by atoms with van der Waals surface area (Å²) in [5, 5.41) is 3.78. The number of imidazole rings is 1. The first kappa shape index (κ1) is 17.5. The molecule has 0 aliphatic carbocycles. The van der Waals surface area contributed by atoms with E-state index in [4.69, 9.17) is 0 Å². The average Bonchev–Trinajstić information content (AvgIpc) is 2.93. The molecule has 1 aromatic heterocycles. The minimum atomic E-state index is -0.0577. The normalized spacial score (nSPS) is 11.0. The SMILES string of the molecule is CCn1c(SCC(=O)Nc2ccc(Br)cc2Br)nc2ccccc21. The van der Waals surface area contributed by atoms with Crippen molar-refractivity contribution in [2.24, 2.45) is 0 Å². The average molecular weight is 469 g/mol. The van der Waals surface area contributed by atoms with Crippen molar-refractivity contribution < 1.29 is 4.79 Å². The number of nitrogens with one attached hydrogen (secondary N) is 1. The molecule has 0 saturated carbocycles. The second-order valence-corrected chi connectivity index (χ2v) is 7.80. The van der Waals surface area contributed by atoms with Crippen LogP contribution in [-0.2, 0) is 11.3 Å². The minimum Gasteiger partial charge on any atom is -0.324 e. The smallest absolute Gasteiger partial charge is 0.234 e. The molecule has 1 amide bonds. The Bertz CT molecular complexity index is 895. The van der Waals surface area contributed by atoms with E-state index in [1.807, 2.05) is 36.4 Å². The molecule has 0 spiro atoms. The maximum absolute atomic E-state index is 12.2. The van der Waals surface area contributed by atoms with Crippen LogP contribution in [0.25, 0.3) is 11.0 Å². The molecule has 0 radical (unpaired) electrons. The number of benzene rings is 2. The molecular weight excluding hydrogens is 454 g/mol. The van der Waals surface area contributed by atoms with Gasteiger partial charge in [0.05, 0.1) is 22.5 Å². The number of para-hydroxylation sites is 2. The first-order valence-electron chi connectivity index (χ1n) is 7.41. The summed E-state index contributed by atoms with van der Waals surface area (Å²) in [5.41, 5.74) is 2.81. The van der Waals surface area contributed by atoms with E-state index in [9.17, 15) is 4.79 Å². The molecule has 1 N–H and O–H groups in total. The quantitative estimate of drug-likeness (QED) is 0.516. The molecule has 3 aromatic rings. The number of rotatable bonds is 5. The van der Waals surface area contributed by atoms with Gasteiger partial charge in [0.25, 0.3) is 0 Å². The van der Waals surface area contributed by atoms with Gasteiger partial charge >= 0.3 is 0 Å². The number of fused-ring (bicyclic) bond motifs is 1. The number of thioether (sulfide) groups is 1. The van der Waals surface area contributed by atoms with Crippen molar-refractivity contribution in [2.75, 3.05) is 11.1 Å². The molecule has 1 heterocycles. The third kappa shape index (κ3) is 3.84. The fraction of sp³-hybridized carbons (Fsp3) is 0.176. The van der Waals surface area contributed by atoms with Crippen LogP contribution < -0.4 is 5.32 Å². The highest BCUT2D eigenvalue weighted by Gasteiger charge is 2.12. The van der Waals surface area contributed by atoms with Gasteiger partial charge < -0.3 is 9.88 Å². The number of nitrogens with zero attached hydrogens (tertiary/aromatic N) is 2. The van der Waals surface area contributed by atoms with Gasteiger partial charge in [-0.15, -0.1) is 0 Å². The molecule has 0 unspecified atom stereocenters. The first-order valence-corrected chi connectivity index (χ1v) is 9.98. The number of aryl methyl sites for hydroxylation is 1. The number of anilines is 1. The number of hydrogen-bond acceptors (Lipinski definition) is 3. The van der Waals surface area contributed by atoms with Crippen LogP contribution in [0.5, 0.6) is 0 Å². The summed E-state index contributed by atoms with van der Waals surface area (Å²) in [6, 6.07) is 13.7. The molecule has 0 aliphatic rings. The Kier molecular flexibility index (Phi) is 5.63. The predicted octanol–water partition coefficient (Wildman–Crippen LogP) is 5.31. The summed E-state index contributed by atoms with van der Waals surface area (Å²) in [6.07, 6.45) is 0. The van der Waals surface area contributed by atoms with Crippen molar-refractivity contribution >= 4 is 66.2 Å². The molecule has 0 fully saturated rings. The largest absolute Gasteiger partial charge is 0.324 e. The molecule has 24 heavy (non-hydrogen) atoms. The van der Waals surface area contributed by atoms with Gasteiger partial charge in [0.2, 0.25) is 5.91 Å². The van der Waals surface area contributed by atoms with E-state index in [-0.39, 0.29) is 5.91 Å². The van der Waals surface area contributed by atoms with E-state index in [1.165, 1.54) is 11.8 Å². The molecule has 0 atom stereocenters. The Morgan fingerprint density at radius 2 is 2.04 bits per heavy atom. The molecule has 124 valence electrons. The number of hydrogen-bond donors (Lipinski definition) is 1. The molecule has 0 bridgehead atoms. The predicted molar refractivity (Wildman–Crippen MR) is 107 cm³/mol. The molecule has 7 heteroatoms. The zero-order chi connectivity index (χ0) is 17.1. The van der Waals surface area contributed by atoms with Gasteiger partial charge in [-0.3, -0.25) is 4.79 Å². The standard InChI is InChI=1S/C17H15Br2N3OS/c1-2-22-15-6-4-3-5-14(15)21-17(22)24-10-16(23)20-13-8-7-11(18)9-12(13)19/h3-9H,2,10H2,1H3,(H,20,23). The van der Waals surface area contributed by atoms with E-state index in [0.29, 0.717) is 5.75 Å². The van der Waals surface area contributed by atoms with Crippen molar-refractivity contribution in [3.05, 3.63) is 51.4 Å². The van der Waals surface area contributed by atoms with Crippen molar-refractivity contribution in [3.8, 4) is 0 Å². The highest BCUT2D eigenvalue weighted by molar-refractivity contribution is 9.11. The Labute approximate surface area is 161 Å². The monoisotopic (exact) mass is 467 g/mol. The summed E-state index contributed by atoms with van der Waals surface area (Å²) in [5.74, 6) is 0.254. The maximum atomic E-state index is 12.2. The van der Waals surface area contributed by atoms with Crippen LogP contribution in [0.4, 0.5) is 5.69 Å². The van der Waals surface area contributed by atoms with E-state index in [0.717, 1.165) is 37.4 Å². The minimum absolute atomic E-state index is 0.0577. The van der Waals surface area contributed by atoms with Crippen LogP contribution in [0.2, 0.25) is 0 Å². The lowest BCUT2D eigenvalue weighted by Crippen LogP contribution is -2.15. The third-order valence-corrected chi connectivity index (χ3v) is 5.60. The Balaban J connectivity index is 1.70. The summed E-state index contributed by atoms with van der Waals surface area (Å²) >= 11 is 8.30. The topological polar surface area (TPSA) is 46.9 Å². The van der Waals surface area contributed by atoms with E-state index < -0.39 is 0 Å². The van der Waals surface area contributed by atoms with Crippen LogP contribution in [-0.4, -0.2) is 21.2 Å². The van der Waals surface area contributed by atoms with Gasteiger partial charge in [0.15, 0.2) is 5.16 Å². The number of aromatic nitrogens is 2.